The van der Waals surface area contributed by atoms with Gasteiger partial charge in [-0.05, 0) is 132 Å². The predicted octanol–water partition coefficient (Wildman–Crippen LogP) is 6.43. The number of hydrogen-bond donors (Lipinski definition) is 1. The van der Waals surface area contributed by atoms with Crippen LogP contribution in [0.3, 0.4) is 0 Å². The van der Waals surface area contributed by atoms with Crippen LogP contribution in [0.2, 0.25) is 0 Å². The summed E-state index contributed by atoms with van der Waals surface area (Å²) in [6.45, 7) is 10.7. The topological polar surface area (TPSA) is 110 Å². The SMILES string of the molecule is CCCCC(C(N)=O)(C(C(=O)N(CC)CC)N1CCC2(CCN(c3ccc(C4CC4)cc3)C2=O)CC1)N1CCC2(CCN(c3ccc(C4CC4)cc3)C2=O)CC1. The summed E-state index contributed by atoms with van der Waals surface area (Å²) in [6.07, 6.45) is 11.2. The lowest BCUT2D eigenvalue weighted by Crippen LogP contribution is -2.74. The number of unbranched alkanes of at least 4 members (excludes halogenated alkanes) is 1. The van der Waals surface area contributed by atoms with Crippen LogP contribution in [0.1, 0.15) is 127 Å². The van der Waals surface area contributed by atoms with Crippen LogP contribution >= 0.6 is 0 Å². The van der Waals surface area contributed by atoms with Gasteiger partial charge in [0.15, 0.2) is 0 Å². The van der Waals surface area contributed by atoms with Crippen LogP contribution in [0, 0.1) is 10.8 Å². The summed E-state index contributed by atoms with van der Waals surface area (Å²) in [6, 6.07) is 16.4. The van der Waals surface area contributed by atoms with Gasteiger partial charge in [-0.3, -0.25) is 29.0 Å². The van der Waals surface area contributed by atoms with Gasteiger partial charge in [-0.2, -0.15) is 0 Å². The van der Waals surface area contributed by atoms with Crippen LogP contribution in [-0.4, -0.2) is 102 Å². The second-order valence-corrected chi connectivity index (χ2v) is 18.0. The van der Waals surface area contributed by atoms with Crippen molar-refractivity contribution in [3.8, 4) is 0 Å². The summed E-state index contributed by atoms with van der Waals surface area (Å²) >= 11 is 0. The van der Waals surface area contributed by atoms with Crippen molar-refractivity contribution in [1.82, 2.24) is 14.7 Å². The van der Waals surface area contributed by atoms with E-state index >= 15 is 0 Å². The Kier molecular flexibility index (Phi) is 10.8. The Morgan fingerprint density at radius 3 is 1.52 bits per heavy atom. The van der Waals surface area contributed by atoms with E-state index < -0.39 is 28.3 Å². The molecule has 2 N–H and O–H groups in total. The number of hydrogen-bond acceptors (Lipinski definition) is 6. The molecule has 0 radical (unpaired) electrons. The van der Waals surface area contributed by atoms with Crippen molar-refractivity contribution < 1.29 is 19.2 Å². The van der Waals surface area contributed by atoms with E-state index in [-0.39, 0.29) is 17.7 Å². The van der Waals surface area contributed by atoms with Gasteiger partial charge in [0.1, 0.15) is 11.6 Å². The fourth-order valence-electron chi connectivity index (χ4n) is 11.0. The van der Waals surface area contributed by atoms with Crippen LogP contribution in [0.15, 0.2) is 48.5 Å². The third-order valence-corrected chi connectivity index (χ3v) is 15.0. The molecule has 0 aromatic heterocycles. The maximum Gasteiger partial charge on any atom is 0.242 e. The van der Waals surface area contributed by atoms with Gasteiger partial charge >= 0.3 is 0 Å². The molecule has 4 saturated heterocycles. The summed E-state index contributed by atoms with van der Waals surface area (Å²) in [7, 11) is 0. The molecule has 8 rings (SSSR count). The normalized spacial score (nSPS) is 24.2. The number of amides is 4. The van der Waals surface area contributed by atoms with E-state index in [1.165, 1.54) is 36.8 Å². The molecule has 6 fully saturated rings. The van der Waals surface area contributed by atoms with Crippen LogP contribution in [-0.2, 0) is 19.2 Å². The van der Waals surface area contributed by atoms with Crippen molar-refractivity contribution >= 4 is 35.0 Å². The number of carbonyl (C=O) groups is 4. The van der Waals surface area contributed by atoms with Gasteiger partial charge in [0.05, 0.1) is 10.8 Å². The first-order chi connectivity index (χ1) is 27.1. The zero-order chi connectivity index (χ0) is 39.2. The van der Waals surface area contributed by atoms with E-state index in [4.69, 9.17) is 5.73 Å². The maximum atomic E-state index is 14.9. The van der Waals surface area contributed by atoms with Gasteiger partial charge < -0.3 is 20.4 Å². The molecule has 2 aromatic carbocycles. The number of likely N-dealkylation sites (N-methyl/N-ethyl adjacent to an activating group) is 1. The summed E-state index contributed by atoms with van der Waals surface area (Å²) in [5.41, 5.74) is 9.09. The average molecular weight is 765 g/mol. The Hall–Kier alpha value is -3.76. The molecular weight excluding hydrogens is 701 g/mol. The van der Waals surface area contributed by atoms with Gasteiger partial charge in [-0.25, -0.2) is 0 Å². The molecule has 2 aliphatic carbocycles. The molecule has 2 unspecified atom stereocenters. The summed E-state index contributed by atoms with van der Waals surface area (Å²) < 4.78 is 0. The average Bonchev–Trinajstić information content (AvgIpc) is 4.17. The molecular formula is C46H64N6O4. The van der Waals surface area contributed by atoms with Gasteiger partial charge in [0, 0.05) is 63.7 Å². The van der Waals surface area contributed by atoms with E-state index in [2.05, 4.69) is 65.3 Å². The molecule has 2 spiro atoms. The van der Waals surface area contributed by atoms with Crippen LogP contribution in [0.25, 0.3) is 0 Å². The summed E-state index contributed by atoms with van der Waals surface area (Å²) in [4.78, 5) is 68.0. The van der Waals surface area contributed by atoms with Crippen molar-refractivity contribution in [1.29, 1.82) is 0 Å². The third kappa shape index (κ3) is 6.86. The molecule has 10 heteroatoms. The lowest BCUT2D eigenvalue weighted by atomic mass is 9.72. The molecule has 2 aromatic rings. The highest BCUT2D eigenvalue weighted by Gasteiger charge is 2.60. The number of anilines is 2. The molecule has 2 atom stereocenters. The second-order valence-electron chi connectivity index (χ2n) is 18.0. The Labute approximate surface area is 334 Å². The Morgan fingerprint density at radius 2 is 1.12 bits per heavy atom. The Balaban J connectivity index is 1.03. The number of rotatable bonds is 14. The predicted molar refractivity (Wildman–Crippen MR) is 220 cm³/mol. The smallest absolute Gasteiger partial charge is 0.242 e. The van der Waals surface area contributed by atoms with Crippen molar-refractivity contribution in [3.63, 3.8) is 0 Å². The number of carbonyl (C=O) groups excluding carboxylic acids is 4. The lowest BCUT2D eigenvalue weighted by Gasteiger charge is -2.54. The highest BCUT2D eigenvalue weighted by molar-refractivity contribution is 6.01. The van der Waals surface area contributed by atoms with Crippen LogP contribution in [0.4, 0.5) is 11.4 Å². The highest BCUT2D eigenvalue weighted by atomic mass is 16.2. The minimum atomic E-state index is -1.24. The molecule has 4 amide bonds. The first kappa shape index (κ1) is 39.1. The standard InChI is InChI=1S/C46H64N6O4/c1-4-7-20-46(41(47)54,50-29-23-45(24-30-50)26-32-52(43(45)56)38-18-14-36(15-19-38)34-10-11-34)39(40(53)48(5-2)6-3)49-27-21-44(22-28-49)25-31-51(42(44)55)37-16-12-35(13-17-37)33-8-9-33/h12-19,33-34,39H,4-11,20-32H2,1-3H3,(H2,47,54). The Morgan fingerprint density at radius 1 is 0.696 bits per heavy atom. The first-order valence-corrected chi connectivity index (χ1v) is 22.0. The highest BCUT2D eigenvalue weighted by Crippen LogP contribution is 2.49. The molecule has 10 nitrogen and oxygen atoms in total. The molecule has 6 aliphatic rings. The second kappa shape index (κ2) is 15.5. The molecule has 56 heavy (non-hydrogen) atoms. The van der Waals surface area contributed by atoms with Gasteiger partial charge in [-0.1, -0.05) is 44.0 Å². The number of nitrogens with two attached hydrogens (primary N) is 1. The zero-order valence-electron chi connectivity index (χ0n) is 34.1. The lowest BCUT2D eigenvalue weighted by molar-refractivity contribution is -0.158. The van der Waals surface area contributed by atoms with E-state index in [1.807, 2.05) is 28.5 Å². The molecule has 2 saturated carbocycles. The molecule has 4 aliphatic heterocycles. The molecule has 302 valence electrons. The largest absolute Gasteiger partial charge is 0.368 e. The molecule has 4 heterocycles. The number of piperidine rings is 2. The number of benzene rings is 2. The minimum Gasteiger partial charge on any atom is -0.368 e. The minimum absolute atomic E-state index is 0.0611. The van der Waals surface area contributed by atoms with E-state index in [1.54, 1.807) is 0 Å². The number of nitrogens with zero attached hydrogens (tertiary/aromatic N) is 5. The first-order valence-electron chi connectivity index (χ1n) is 22.0. The monoisotopic (exact) mass is 764 g/mol. The van der Waals surface area contributed by atoms with Gasteiger partial charge in [0.2, 0.25) is 23.6 Å². The summed E-state index contributed by atoms with van der Waals surface area (Å²) in [5, 5.41) is 0. The zero-order valence-corrected chi connectivity index (χ0v) is 34.1. The fraction of sp³-hybridized carbons (Fsp3) is 0.652. The van der Waals surface area contributed by atoms with Gasteiger partial charge in [0.25, 0.3) is 0 Å². The van der Waals surface area contributed by atoms with Crippen molar-refractivity contribution in [2.75, 3.05) is 62.2 Å². The molecule has 0 bridgehead atoms. The van der Waals surface area contributed by atoms with Crippen molar-refractivity contribution in [3.05, 3.63) is 59.7 Å². The van der Waals surface area contributed by atoms with Crippen LogP contribution in [0.5, 0.6) is 0 Å². The van der Waals surface area contributed by atoms with Crippen molar-refractivity contribution in [2.24, 2.45) is 16.6 Å². The maximum absolute atomic E-state index is 14.9. The van der Waals surface area contributed by atoms with Gasteiger partial charge in [-0.15, -0.1) is 0 Å². The van der Waals surface area contributed by atoms with E-state index in [0.29, 0.717) is 96.3 Å². The number of likely N-dealkylation sites (tertiary alicyclic amines) is 2. The van der Waals surface area contributed by atoms with E-state index in [0.717, 1.165) is 37.1 Å². The summed E-state index contributed by atoms with van der Waals surface area (Å²) in [5.74, 6) is 1.19. The van der Waals surface area contributed by atoms with Crippen molar-refractivity contribution in [2.45, 2.75) is 128 Å². The van der Waals surface area contributed by atoms with E-state index in [9.17, 15) is 19.2 Å². The van der Waals surface area contributed by atoms with Crippen LogP contribution < -0.4 is 15.5 Å². The third-order valence-electron chi connectivity index (χ3n) is 15.0. The Bertz CT molecular complexity index is 1770. The fourth-order valence-corrected chi connectivity index (χ4v) is 11.0. The number of primary amides is 1. The quantitative estimate of drug-likeness (QED) is 0.238.